The molecule has 1 aliphatic heterocycles. The van der Waals surface area contributed by atoms with E-state index >= 15 is 0 Å². The van der Waals surface area contributed by atoms with E-state index in [4.69, 9.17) is 21.9 Å². The number of ether oxygens (including phenoxy) is 1. The van der Waals surface area contributed by atoms with E-state index in [1.54, 1.807) is 11.9 Å². The second-order valence-electron chi connectivity index (χ2n) is 9.17. The molecule has 1 aliphatic rings. The standard InChI is InChI=1S/C26H28FN11O2S/c1-40-20-6-5-14(27)11-18(20)22(39)19-13-31-26(33-23(19)28)32-15-7-9-38(10-8-15)41-17-4-2-3-16(12-17)34-35-21-24(29)36-37-25(21)30/h2-6,11-13,15H,7-10H2,1H3,(H3,28,31,32,33)(H5,29,30,36,37). The summed E-state index contributed by atoms with van der Waals surface area (Å²) in [6.07, 6.45) is 3.04. The van der Waals surface area contributed by atoms with Gasteiger partial charge in [0.25, 0.3) is 0 Å². The first-order chi connectivity index (χ1) is 19.8. The lowest BCUT2D eigenvalue weighted by Crippen LogP contribution is -2.36. The van der Waals surface area contributed by atoms with Crippen molar-refractivity contribution in [3.63, 3.8) is 0 Å². The largest absolute Gasteiger partial charge is 0.496 e. The first-order valence-corrected chi connectivity index (χ1v) is 13.4. The lowest BCUT2D eigenvalue weighted by Gasteiger charge is -2.31. The van der Waals surface area contributed by atoms with Gasteiger partial charge in [-0.15, -0.1) is 5.11 Å². The summed E-state index contributed by atoms with van der Waals surface area (Å²) in [5.41, 5.74) is 18.7. The van der Waals surface area contributed by atoms with Gasteiger partial charge in [0.2, 0.25) is 11.7 Å². The molecule has 1 saturated heterocycles. The fourth-order valence-corrected chi connectivity index (χ4v) is 5.25. The number of azo groups is 1. The number of carbonyl (C=O) groups excluding carboxylic acids is 1. The molecule has 0 bridgehead atoms. The van der Waals surface area contributed by atoms with Crippen LogP contribution < -0.4 is 27.3 Å². The maximum absolute atomic E-state index is 13.8. The van der Waals surface area contributed by atoms with Crippen LogP contribution in [-0.4, -0.2) is 56.5 Å². The summed E-state index contributed by atoms with van der Waals surface area (Å²) >= 11 is 1.64. The maximum atomic E-state index is 13.8. The number of halogens is 1. The van der Waals surface area contributed by atoms with Crippen molar-refractivity contribution in [1.29, 1.82) is 0 Å². The Bertz CT molecular complexity index is 1570. The van der Waals surface area contributed by atoms with Gasteiger partial charge >= 0.3 is 0 Å². The zero-order chi connectivity index (χ0) is 28.9. The molecule has 0 radical (unpaired) electrons. The highest BCUT2D eigenvalue weighted by Gasteiger charge is 2.23. The first-order valence-electron chi connectivity index (χ1n) is 12.6. The van der Waals surface area contributed by atoms with Gasteiger partial charge in [-0.2, -0.15) is 15.2 Å². The van der Waals surface area contributed by atoms with E-state index in [2.05, 4.69) is 40.0 Å². The highest BCUT2D eigenvalue weighted by atomic mass is 32.2. The molecule has 2 aromatic heterocycles. The number of nitrogen functional groups attached to an aromatic ring is 3. The molecule has 4 aromatic rings. The monoisotopic (exact) mass is 577 g/mol. The van der Waals surface area contributed by atoms with Gasteiger partial charge in [-0.3, -0.25) is 9.89 Å². The zero-order valence-electron chi connectivity index (χ0n) is 22.0. The van der Waals surface area contributed by atoms with Gasteiger partial charge in [-0.05, 0) is 61.2 Å². The number of H-pyrrole nitrogens is 1. The van der Waals surface area contributed by atoms with Crippen LogP contribution in [0.3, 0.4) is 0 Å². The third-order valence-corrected chi connectivity index (χ3v) is 7.46. The third kappa shape index (κ3) is 6.53. The molecule has 5 rings (SSSR count). The molecule has 0 atom stereocenters. The number of rotatable bonds is 9. The Hall–Kier alpha value is -4.76. The van der Waals surface area contributed by atoms with Crippen LogP contribution in [0.15, 0.2) is 63.8 Å². The third-order valence-electron chi connectivity index (χ3n) is 6.37. The fraction of sp³-hybridized carbons (Fsp3) is 0.231. The van der Waals surface area contributed by atoms with Gasteiger partial charge in [-0.25, -0.2) is 13.7 Å². The molecule has 0 saturated carbocycles. The molecule has 2 aromatic carbocycles. The summed E-state index contributed by atoms with van der Waals surface area (Å²) in [7, 11) is 1.40. The summed E-state index contributed by atoms with van der Waals surface area (Å²) in [6, 6.07) is 11.5. The van der Waals surface area contributed by atoms with Crippen molar-refractivity contribution < 1.29 is 13.9 Å². The molecule has 1 fully saturated rings. The van der Waals surface area contributed by atoms with Gasteiger partial charge in [-0.1, -0.05) is 6.07 Å². The second kappa shape index (κ2) is 12.2. The van der Waals surface area contributed by atoms with Gasteiger partial charge in [0, 0.05) is 30.2 Å². The number of anilines is 4. The number of piperidine rings is 1. The zero-order valence-corrected chi connectivity index (χ0v) is 22.9. The molecule has 8 N–H and O–H groups in total. The van der Waals surface area contributed by atoms with E-state index < -0.39 is 11.6 Å². The van der Waals surface area contributed by atoms with E-state index in [0.29, 0.717) is 17.3 Å². The predicted molar refractivity (Wildman–Crippen MR) is 155 cm³/mol. The van der Waals surface area contributed by atoms with E-state index in [-0.39, 0.29) is 40.4 Å². The van der Waals surface area contributed by atoms with Gasteiger partial charge < -0.3 is 27.3 Å². The number of benzene rings is 2. The van der Waals surface area contributed by atoms with Crippen molar-refractivity contribution in [2.24, 2.45) is 10.2 Å². The highest BCUT2D eigenvalue weighted by Crippen LogP contribution is 2.32. The number of methoxy groups -OCH3 is 1. The van der Waals surface area contributed by atoms with Crippen molar-refractivity contribution in [2.75, 3.05) is 42.7 Å². The number of hydrogen-bond donors (Lipinski definition) is 5. The fourth-order valence-electron chi connectivity index (χ4n) is 4.24. The number of carbonyl (C=O) groups is 1. The number of ketones is 1. The van der Waals surface area contributed by atoms with E-state index in [1.165, 1.54) is 25.4 Å². The molecule has 0 amide bonds. The molecular formula is C26H28FN11O2S. The van der Waals surface area contributed by atoms with Crippen molar-refractivity contribution in [3.05, 3.63) is 65.6 Å². The van der Waals surface area contributed by atoms with E-state index in [1.807, 2.05) is 24.3 Å². The minimum atomic E-state index is -0.559. The minimum Gasteiger partial charge on any atom is -0.496 e. The number of aromatic nitrogens is 4. The Kier molecular flexibility index (Phi) is 8.26. The van der Waals surface area contributed by atoms with Crippen LogP contribution >= 0.6 is 11.9 Å². The minimum absolute atomic E-state index is 0.00183. The van der Waals surface area contributed by atoms with E-state index in [0.717, 1.165) is 36.9 Å². The van der Waals surface area contributed by atoms with E-state index in [9.17, 15) is 9.18 Å². The molecule has 0 unspecified atom stereocenters. The average molecular weight is 578 g/mol. The Morgan fingerprint density at radius 3 is 2.63 bits per heavy atom. The molecule has 41 heavy (non-hydrogen) atoms. The quantitative estimate of drug-likeness (QED) is 0.108. The number of hydrogen-bond acceptors (Lipinski definition) is 13. The van der Waals surface area contributed by atoms with Crippen LogP contribution in [0.4, 0.5) is 39.2 Å². The average Bonchev–Trinajstić information content (AvgIpc) is 3.29. The summed E-state index contributed by atoms with van der Waals surface area (Å²) in [5.74, 6) is -0.0587. The Labute approximate surface area is 238 Å². The van der Waals surface area contributed by atoms with Gasteiger partial charge in [0.15, 0.2) is 11.5 Å². The summed E-state index contributed by atoms with van der Waals surface area (Å²) in [6.45, 7) is 1.64. The van der Waals surface area contributed by atoms with Gasteiger partial charge in [0.05, 0.1) is 23.9 Å². The Morgan fingerprint density at radius 2 is 1.93 bits per heavy atom. The predicted octanol–water partition coefficient (Wildman–Crippen LogP) is 4.32. The van der Waals surface area contributed by atoms with Crippen molar-refractivity contribution in [2.45, 2.75) is 23.8 Å². The van der Waals surface area contributed by atoms with Crippen LogP contribution in [0.25, 0.3) is 0 Å². The number of nitrogens with zero attached hydrogens (tertiary/aromatic N) is 6. The van der Waals surface area contributed by atoms with Crippen LogP contribution in [0.1, 0.15) is 28.8 Å². The SMILES string of the molecule is COc1ccc(F)cc1C(=O)c1cnc(NC2CCN(Sc3cccc(N=Nc4c(N)n[nH]c4N)c3)CC2)nc1N. The molecule has 0 spiro atoms. The molecule has 0 aliphatic carbocycles. The van der Waals surface area contributed by atoms with Gasteiger partial charge in [0.1, 0.15) is 23.2 Å². The van der Waals surface area contributed by atoms with Crippen molar-refractivity contribution >= 4 is 52.5 Å². The van der Waals surface area contributed by atoms with Crippen LogP contribution in [0.2, 0.25) is 0 Å². The first kappa shape index (κ1) is 27.8. The smallest absolute Gasteiger partial charge is 0.224 e. The summed E-state index contributed by atoms with van der Waals surface area (Å²) < 4.78 is 21.2. The second-order valence-corrected chi connectivity index (χ2v) is 10.3. The molecule has 13 nitrogen and oxygen atoms in total. The lowest BCUT2D eigenvalue weighted by molar-refractivity contribution is 0.103. The summed E-state index contributed by atoms with van der Waals surface area (Å²) in [4.78, 5) is 22.5. The maximum Gasteiger partial charge on any atom is 0.224 e. The van der Waals surface area contributed by atoms with Crippen molar-refractivity contribution in [3.8, 4) is 5.75 Å². The number of aromatic amines is 1. The highest BCUT2D eigenvalue weighted by molar-refractivity contribution is 7.97. The number of nitrogens with one attached hydrogen (secondary N) is 2. The van der Waals surface area contributed by atoms with Crippen molar-refractivity contribution in [1.82, 2.24) is 24.5 Å². The number of nitrogens with two attached hydrogens (primary N) is 3. The lowest BCUT2D eigenvalue weighted by atomic mass is 10.0. The Balaban J connectivity index is 1.16. The normalized spacial score (nSPS) is 14.4. The van der Waals surface area contributed by atoms with Crippen LogP contribution in [0, 0.1) is 5.82 Å². The Morgan fingerprint density at radius 1 is 1.12 bits per heavy atom. The topological polar surface area (TPSA) is 199 Å². The molecule has 15 heteroatoms. The molecular weight excluding hydrogens is 549 g/mol. The van der Waals surface area contributed by atoms with Crippen LogP contribution in [0.5, 0.6) is 5.75 Å². The summed E-state index contributed by atoms with van der Waals surface area (Å²) in [5, 5.41) is 18.0. The molecule has 3 heterocycles. The van der Waals surface area contributed by atoms with Crippen LogP contribution in [-0.2, 0) is 0 Å². The molecule has 212 valence electrons.